The van der Waals surface area contributed by atoms with Crippen LogP contribution in [0.25, 0.3) is 0 Å². The van der Waals surface area contributed by atoms with E-state index in [0.717, 1.165) is 12.5 Å². The summed E-state index contributed by atoms with van der Waals surface area (Å²) in [6.45, 7) is 3.26. The molecule has 0 saturated heterocycles. The maximum atomic E-state index is 12.3. The third kappa shape index (κ3) is 4.41. The molecule has 0 spiro atoms. The minimum Gasteiger partial charge on any atom is -0.501 e. The molecule has 0 bridgehead atoms. The fourth-order valence-electron chi connectivity index (χ4n) is 1.52. The van der Waals surface area contributed by atoms with E-state index in [-0.39, 0.29) is 21.1 Å². The van der Waals surface area contributed by atoms with E-state index < -0.39 is 21.4 Å². The summed E-state index contributed by atoms with van der Waals surface area (Å²) in [5.41, 5.74) is -0.101. The van der Waals surface area contributed by atoms with Crippen LogP contribution in [0.4, 0.5) is 0 Å². The van der Waals surface area contributed by atoms with Gasteiger partial charge in [0.1, 0.15) is 0 Å². The van der Waals surface area contributed by atoms with Gasteiger partial charge in [-0.2, -0.15) is 0 Å². The van der Waals surface area contributed by atoms with Gasteiger partial charge in [-0.3, -0.25) is 9.59 Å². The highest BCUT2D eigenvalue weighted by Gasteiger charge is 2.21. The molecule has 0 atom stereocenters. The molecule has 1 aromatic rings. The number of allylic oxidation sites excluding steroid dienone is 1. The molecule has 1 rings (SSSR count). The van der Waals surface area contributed by atoms with E-state index in [1.165, 1.54) is 25.1 Å². The average molecular weight is 331 g/mol. The van der Waals surface area contributed by atoms with Crippen molar-refractivity contribution < 1.29 is 22.7 Å². The Balaban J connectivity index is 3.27. The van der Waals surface area contributed by atoms with E-state index in [1.54, 1.807) is 6.92 Å². The Morgan fingerprint density at radius 2 is 1.95 bits per heavy atom. The van der Waals surface area contributed by atoms with Crippen molar-refractivity contribution in [3.05, 3.63) is 40.6 Å². The van der Waals surface area contributed by atoms with E-state index in [1.807, 2.05) is 0 Å². The molecule has 1 aromatic carbocycles. The number of ketones is 2. The van der Waals surface area contributed by atoms with Crippen molar-refractivity contribution in [1.29, 1.82) is 0 Å². The Hall–Kier alpha value is -1.66. The number of halogens is 1. The summed E-state index contributed by atoms with van der Waals surface area (Å²) >= 11 is 5.95. The molecule has 114 valence electrons. The van der Waals surface area contributed by atoms with Gasteiger partial charge < -0.3 is 4.74 Å². The molecule has 5 nitrogen and oxygen atoms in total. The zero-order chi connectivity index (χ0) is 16.2. The maximum absolute atomic E-state index is 12.3. The molecule has 0 radical (unpaired) electrons. The first-order valence-electron chi connectivity index (χ1n) is 6.05. The minimum absolute atomic E-state index is 0.00205. The Kier molecular flexibility index (Phi) is 5.69. The lowest BCUT2D eigenvalue weighted by molar-refractivity contribution is -0.113. The molecule has 0 unspecified atom stereocenters. The van der Waals surface area contributed by atoms with Crippen molar-refractivity contribution in [2.24, 2.45) is 0 Å². The molecule has 0 aliphatic heterocycles. The molecule has 0 amide bonds. The van der Waals surface area contributed by atoms with Crippen molar-refractivity contribution in [1.82, 2.24) is 0 Å². The lowest BCUT2D eigenvalue weighted by atomic mass is 10.0. The average Bonchev–Trinajstić information content (AvgIpc) is 2.37. The molecule has 7 heteroatoms. The topological polar surface area (TPSA) is 77.5 Å². The molecule has 0 aliphatic carbocycles. The Morgan fingerprint density at radius 1 is 1.33 bits per heavy atom. The summed E-state index contributed by atoms with van der Waals surface area (Å²) < 4.78 is 27.8. The lowest BCUT2D eigenvalue weighted by Gasteiger charge is -2.07. The van der Waals surface area contributed by atoms with Crippen molar-refractivity contribution >= 4 is 33.0 Å². The van der Waals surface area contributed by atoms with Crippen LogP contribution in [-0.4, -0.2) is 32.8 Å². The normalized spacial score (nSPS) is 12.1. The first-order valence-corrected chi connectivity index (χ1v) is 8.32. The zero-order valence-corrected chi connectivity index (χ0v) is 13.4. The van der Waals surface area contributed by atoms with Crippen LogP contribution in [0.5, 0.6) is 0 Å². The summed E-state index contributed by atoms with van der Waals surface area (Å²) in [7, 11) is -3.42. The van der Waals surface area contributed by atoms with Gasteiger partial charge >= 0.3 is 0 Å². The number of Topliss-reactive ketones (excluding diaryl/α,β-unsaturated/α-hetero) is 2. The summed E-state index contributed by atoms with van der Waals surface area (Å²) in [4.78, 5) is 23.8. The molecule has 0 saturated carbocycles. The van der Waals surface area contributed by atoms with Gasteiger partial charge in [0.05, 0.1) is 28.4 Å². The number of benzene rings is 1. The SMILES string of the molecule is CCO/C=C(/C(C)=O)C(=O)c1ccc(S(C)(=O)=O)cc1Cl. The predicted octanol–water partition coefficient (Wildman–Crippen LogP) is 2.44. The summed E-state index contributed by atoms with van der Waals surface area (Å²) in [5.74, 6) is -1.07. The van der Waals surface area contributed by atoms with Crippen LogP contribution >= 0.6 is 11.6 Å². The number of sulfone groups is 1. The van der Waals surface area contributed by atoms with Gasteiger partial charge in [0.2, 0.25) is 5.78 Å². The number of carbonyl (C=O) groups excluding carboxylic acids is 2. The smallest absolute Gasteiger partial charge is 0.201 e. The number of rotatable bonds is 6. The van der Waals surface area contributed by atoms with Crippen molar-refractivity contribution in [3.8, 4) is 0 Å². The molecule has 0 aliphatic rings. The van der Waals surface area contributed by atoms with E-state index >= 15 is 0 Å². The van der Waals surface area contributed by atoms with E-state index in [4.69, 9.17) is 16.3 Å². The second-order valence-corrected chi connectivity index (χ2v) is 6.71. The molecule has 0 heterocycles. The minimum atomic E-state index is -3.42. The number of hydrogen-bond donors (Lipinski definition) is 0. The lowest BCUT2D eigenvalue weighted by Crippen LogP contribution is -2.12. The third-order valence-electron chi connectivity index (χ3n) is 2.61. The highest BCUT2D eigenvalue weighted by Crippen LogP contribution is 2.23. The van der Waals surface area contributed by atoms with E-state index in [9.17, 15) is 18.0 Å². The van der Waals surface area contributed by atoms with E-state index in [2.05, 4.69) is 0 Å². The van der Waals surface area contributed by atoms with Crippen molar-refractivity contribution in [2.45, 2.75) is 18.7 Å². The van der Waals surface area contributed by atoms with Crippen LogP contribution < -0.4 is 0 Å². The predicted molar refractivity (Wildman–Crippen MR) is 79.3 cm³/mol. The van der Waals surface area contributed by atoms with Gasteiger partial charge in [0, 0.05) is 11.8 Å². The van der Waals surface area contributed by atoms with Gasteiger partial charge in [-0.1, -0.05) is 11.6 Å². The van der Waals surface area contributed by atoms with Crippen molar-refractivity contribution in [2.75, 3.05) is 12.9 Å². The van der Waals surface area contributed by atoms with Gasteiger partial charge in [0.15, 0.2) is 15.6 Å². The fraction of sp³-hybridized carbons (Fsp3) is 0.286. The second-order valence-electron chi connectivity index (χ2n) is 4.29. The first kappa shape index (κ1) is 17.4. The molecule has 21 heavy (non-hydrogen) atoms. The largest absolute Gasteiger partial charge is 0.501 e. The van der Waals surface area contributed by atoms with Gasteiger partial charge in [-0.25, -0.2) is 8.42 Å². The quantitative estimate of drug-likeness (QED) is 0.263. The number of carbonyl (C=O) groups is 2. The summed E-state index contributed by atoms with van der Waals surface area (Å²) in [6, 6.07) is 3.74. The molecule has 0 N–H and O–H groups in total. The third-order valence-corrected chi connectivity index (χ3v) is 4.03. The number of hydrogen-bond acceptors (Lipinski definition) is 5. The van der Waals surface area contributed by atoms with Crippen molar-refractivity contribution in [3.63, 3.8) is 0 Å². The molecular formula is C14H15ClO5S. The van der Waals surface area contributed by atoms with Gasteiger partial charge in [0.25, 0.3) is 0 Å². The monoisotopic (exact) mass is 330 g/mol. The molecule has 0 fully saturated rings. The molecule has 0 aromatic heterocycles. The Labute approximate surface area is 128 Å². The zero-order valence-electron chi connectivity index (χ0n) is 11.8. The van der Waals surface area contributed by atoms with Crippen LogP contribution in [0.1, 0.15) is 24.2 Å². The molecular weight excluding hydrogens is 316 g/mol. The summed E-state index contributed by atoms with van der Waals surface area (Å²) in [6.07, 6.45) is 2.13. The maximum Gasteiger partial charge on any atom is 0.201 e. The van der Waals surface area contributed by atoms with Crippen LogP contribution in [-0.2, 0) is 19.4 Å². The van der Waals surface area contributed by atoms with Crippen LogP contribution in [0.2, 0.25) is 5.02 Å². The van der Waals surface area contributed by atoms with Gasteiger partial charge in [-0.15, -0.1) is 0 Å². The van der Waals surface area contributed by atoms with E-state index in [0.29, 0.717) is 6.61 Å². The fourth-order valence-corrected chi connectivity index (χ4v) is 2.50. The first-order chi connectivity index (χ1) is 9.68. The standard InChI is InChI=1S/C14H15ClO5S/c1-4-20-8-12(9(2)16)14(17)11-6-5-10(7-13(11)15)21(3,18)19/h5-8H,4H2,1-3H3/b12-8-. The number of ether oxygens (including phenoxy) is 1. The Bertz CT molecular complexity index is 704. The van der Waals surface area contributed by atoms with Crippen LogP contribution in [0.3, 0.4) is 0 Å². The highest BCUT2D eigenvalue weighted by atomic mass is 35.5. The second kappa shape index (κ2) is 6.87. The van der Waals surface area contributed by atoms with Crippen LogP contribution in [0.15, 0.2) is 34.9 Å². The summed E-state index contributed by atoms with van der Waals surface area (Å²) in [5, 5.41) is -0.0356. The van der Waals surface area contributed by atoms with Crippen LogP contribution in [0, 0.1) is 0 Å². The Morgan fingerprint density at radius 3 is 2.38 bits per heavy atom. The highest BCUT2D eigenvalue weighted by molar-refractivity contribution is 7.90. The van der Waals surface area contributed by atoms with Gasteiger partial charge in [-0.05, 0) is 32.0 Å².